The van der Waals surface area contributed by atoms with E-state index >= 15 is 0 Å². The zero-order valence-electron chi connectivity index (χ0n) is 5.26. The lowest BCUT2D eigenvalue weighted by Crippen LogP contribution is -2.21. The summed E-state index contributed by atoms with van der Waals surface area (Å²) in [4.78, 5) is 0. The van der Waals surface area contributed by atoms with Crippen molar-refractivity contribution in [3.05, 3.63) is 0 Å². The molecule has 2 N–H and O–H groups in total. The fourth-order valence-electron chi connectivity index (χ4n) is 1.17. The summed E-state index contributed by atoms with van der Waals surface area (Å²) in [6.45, 7) is 2.23. The number of nitrogens with two attached hydrogens (primary N) is 1. The molecule has 1 aliphatic carbocycles. The Morgan fingerprint density at radius 3 is 2.12 bits per heavy atom. The van der Waals surface area contributed by atoms with Crippen LogP contribution in [-0.4, -0.2) is 6.04 Å². The molecule has 0 unspecified atom stereocenters. The first-order valence-electron chi connectivity index (χ1n) is 3.06. The second kappa shape index (κ2) is 3.31. The van der Waals surface area contributed by atoms with E-state index in [0.717, 1.165) is 5.92 Å². The van der Waals surface area contributed by atoms with E-state index in [-0.39, 0.29) is 12.4 Å². The first-order valence-corrected chi connectivity index (χ1v) is 3.06. The summed E-state index contributed by atoms with van der Waals surface area (Å²) in [6.07, 6.45) is 3.95. The van der Waals surface area contributed by atoms with E-state index in [9.17, 15) is 0 Å². The Morgan fingerprint density at radius 1 is 1.38 bits per heavy atom. The molecule has 0 radical (unpaired) electrons. The molecular formula is C6H14ClN. The highest BCUT2D eigenvalue weighted by atomic mass is 35.5. The van der Waals surface area contributed by atoms with Crippen molar-refractivity contribution in [3.8, 4) is 0 Å². The largest absolute Gasteiger partial charge is 0.327 e. The SMILES string of the molecule is C[C@@H]1CCC[C@H]1N.Cl. The van der Waals surface area contributed by atoms with E-state index in [1.807, 2.05) is 0 Å². The van der Waals surface area contributed by atoms with E-state index in [2.05, 4.69) is 6.92 Å². The van der Waals surface area contributed by atoms with Crippen LogP contribution in [0.5, 0.6) is 0 Å². The van der Waals surface area contributed by atoms with Gasteiger partial charge >= 0.3 is 0 Å². The predicted molar refractivity (Wildman–Crippen MR) is 38.2 cm³/mol. The van der Waals surface area contributed by atoms with E-state index in [0.29, 0.717) is 6.04 Å². The van der Waals surface area contributed by atoms with Crippen LogP contribution < -0.4 is 5.73 Å². The van der Waals surface area contributed by atoms with Crippen LogP contribution in [0.3, 0.4) is 0 Å². The topological polar surface area (TPSA) is 26.0 Å². The molecule has 8 heavy (non-hydrogen) atoms. The zero-order chi connectivity index (χ0) is 5.28. The monoisotopic (exact) mass is 135 g/mol. The Hall–Kier alpha value is 0.250. The molecule has 1 fully saturated rings. The van der Waals surface area contributed by atoms with Crippen molar-refractivity contribution < 1.29 is 0 Å². The van der Waals surface area contributed by atoms with E-state index in [4.69, 9.17) is 5.73 Å². The second-order valence-corrected chi connectivity index (χ2v) is 2.57. The number of halogens is 1. The first-order chi connectivity index (χ1) is 3.30. The zero-order valence-corrected chi connectivity index (χ0v) is 6.08. The molecule has 0 aromatic carbocycles. The maximum absolute atomic E-state index is 5.68. The minimum atomic E-state index is 0. The van der Waals surface area contributed by atoms with Crippen molar-refractivity contribution in [1.29, 1.82) is 0 Å². The smallest absolute Gasteiger partial charge is 0.00645 e. The van der Waals surface area contributed by atoms with Crippen LogP contribution in [0.1, 0.15) is 26.2 Å². The molecule has 0 aromatic heterocycles. The van der Waals surface area contributed by atoms with Crippen molar-refractivity contribution in [3.63, 3.8) is 0 Å². The molecule has 1 saturated carbocycles. The second-order valence-electron chi connectivity index (χ2n) is 2.57. The molecular weight excluding hydrogens is 122 g/mol. The molecule has 50 valence electrons. The van der Waals surface area contributed by atoms with Gasteiger partial charge in [-0.05, 0) is 18.8 Å². The molecule has 0 aromatic rings. The quantitative estimate of drug-likeness (QED) is 0.536. The summed E-state index contributed by atoms with van der Waals surface area (Å²) in [5.74, 6) is 0.792. The Balaban J connectivity index is 0.000000490. The molecule has 0 bridgehead atoms. The van der Waals surface area contributed by atoms with E-state index in [1.165, 1.54) is 19.3 Å². The molecule has 0 spiro atoms. The first kappa shape index (κ1) is 8.25. The summed E-state index contributed by atoms with van der Waals surface area (Å²) in [6, 6.07) is 0.514. The van der Waals surface area contributed by atoms with Gasteiger partial charge in [0.15, 0.2) is 0 Å². The Kier molecular flexibility index (Phi) is 3.41. The van der Waals surface area contributed by atoms with Crippen molar-refractivity contribution in [1.82, 2.24) is 0 Å². The van der Waals surface area contributed by atoms with Crippen molar-refractivity contribution >= 4 is 12.4 Å². The van der Waals surface area contributed by atoms with E-state index < -0.39 is 0 Å². The van der Waals surface area contributed by atoms with Crippen LogP contribution in [-0.2, 0) is 0 Å². The summed E-state index contributed by atoms with van der Waals surface area (Å²) < 4.78 is 0. The van der Waals surface area contributed by atoms with Gasteiger partial charge in [-0.15, -0.1) is 12.4 Å². The number of rotatable bonds is 0. The highest BCUT2D eigenvalue weighted by molar-refractivity contribution is 5.85. The normalized spacial score (nSPS) is 36.8. The molecule has 0 saturated heterocycles. The fraction of sp³-hybridized carbons (Fsp3) is 1.00. The highest BCUT2D eigenvalue weighted by Gasteiger charge is 2.18. The standard InChI is InChI=1S/C6H13N.ClH/c1-5-3-2-4-6(5)7;/h5-6H,2-4,7H2,1H3;1H/t5-,6-;/m1./s1. The Morgan fingerprint density at radius 2 is 2.00 bits per heavy atom. The summed E-state index contributed by atoms with van der Waals surface area (Å²) in [7, 11) is 0. The van der Waals surface area contributed by atoms with Crippen LogP contribution in [0.15, 0.2) is 0 Å². The van der Waals surface area contributed by atoms with Gasteiger partial charge in [0.25, 0.3) is 0 Å². The van der Waals surface area contributed by atoms with Crippen LogP contribution in [0.4, 0.5) is 0 Å². The predicted octanol–water partition coefficient (Wildman–Crippen LogP) is 1.56. The summed E-state index contributed by atoms with van der Waals surface area (Å²) in [5, 5.41) is 0. The third-order valence-electron chi connectivity index (χ3n) is 1.93. The van der Waals surface area contributed by atoms with Gasteiger partial charge in [-0.2, -0.15) is 0 Å². The summed E-state index contributed by atoms with van der Waals surface area (Å²) in [5.41, 5.74) is 5.68. The fourth-order valence-corrected chi connectivity index (χ4v) is 1.17. The molecule has 2 heteroatoms. The maximum atomic E-state index is 5.68. The van der Waals surface area contributed by atoms with Crippen LogP contribution >= 0.6 is 12.4 Å². The van der Waals surface area contributed by atoms with Gasteiger partial charge in [-0.1, -0.05) is 13.3 Å². The van der Waals surface area contributed by atoms with Gasteiger partial charge in [0.2, 0.25) is 0 Å². The van der Waals surface area contributed by atoms with Gasteiger partial charge in [-0.3, -0.25) is 0 Å². The molecule has 1 nitrogen and oxygen atoms in total. The Labute approximate surface area is 57.1 Å². The van der Waals surface area contributed by atoms with Crippen molar-refractivity contribution in [2.24, 2.45) is 11.7 Å². The minimum absolute atomic E-state index is 0. The molecule has 1 aliphatic rings. The molecule has 0 aliphatic heterocycles. The van der Waals surface area contributed by atoms with Crippen LogP contribution in [0.2, 0.25) is 0 Å². The number of hydrogen-bond acceptors (Lipinski definition) is 1. The highest BCUT2D eigenvalue weighted by Crippen LogP contribution is 2.22. The molecule has 1 rings (SSSR count). The average molecular weight is 136 g/mol. The van der Waals surface area contributed by atoms with Gasteiger partial charge in [0.1, 0.15) is 0 Å². The van der Waals surface area contributed by atoms with E-state index in [1.54, 1.807) is 0 Å². The lowest BCUT2D eigenvalue weighted by molar-refractivity contribution is 0.527. The molecule has 2 atom stereocenters. The number of hydrogen-bond donors (Lipinski definition) is 1. The van der Waals surface area contributed by atoms with Crippen LogP contribution in [0.25, 0.3) is 0 Å². The molecule has 0 heterocycles. The van der Waals surface area contributed by atoms with Gasteiger partial charge < -0.3 is 5.73 Å². The maximum Gasteiger partial charge on any atom is 0.00645 e. The van der Waals surface area contributed by atoms with Crippen molar-refractivity contribution in [2.75, 3.05) is 0 Å². The lowest BCUT2D eigenvalue weighted by atomic mass is 10.1. The Bertz CT molecular complexity index is 57.5. The summed E-state index contributed by atoms with van der Waals surface area (Å²) >= 11 is 0. The third-order valence-corrected chi connectivity index (χ3v) is 1.93. The van der Waals surface area contributed by atoms with Gasteiger partial charge in [-0.25, -0.2) is 0 Å². The van der Waals surface area contributed by atoms with Gasteiger partial charge in [0, 0.05) is 6.04 Å². The minimum Gasteiger partial charge on any atom is -0.327 e. The van der Waals surface area contributed by atoms with Crippen LogP contribution in [0, 0.1) is 5.92 Å². The average Bonchev–Trinajstić information content (AvgIpc) is 1.91. The third kappa shape index (κ3) is 1.64. The van der Waals surface area contributed by atoms with Crippen molar-refractivity contribution in [2.45, 2.75) is 32.2 Å². The van der Waals surface area contributed by atoms with Gasteiger partial charge in [0.05, 0.1) is 0 Å². The lowest BCUT2D eigenvalue weighted by Gasteiger charge is -2.05. The molecule has 0 amide bonds.